The third-order valence-electron chi connectivity index (χ3n) is 1.85. The van der Waals surface area contributed by atoms with Gasteiger partial charge in [-0.3, -0.25) is 0 Å². The van der Waals surface area contributed by atoms with E-state index in [-0.39, 0.29) is 5.69 Å². The Balaban J connectivity index is 2.20. The van der Waals surface area contributed by atoms with Gasteiger partial charge in [0.25, 0.3) is 0 Å². The molecule has 5 heteroatoms. The number of aromatic carboxylic acids is 1. The molecule has 0 atom stereocenters. The number of ether oxygens (including phenoxy) is 1. The Bertz CT molecular complexity index is 376. The Hall–Kier alpha value is -0.850. The van der Waals surface area contributed by atoms with Crippen LogP contribution in [0.5, 0.6) is 5.75 Å². The zero-order valence-corrected chi connectivity index (χ0v) is 9.39. The number of carbonyl (C=O) groups is 1. The van der Waals surface area contributed by atoms with Gasteiger partial charge < -0.3 is 9.84 Å². The summed E-state index contributed by atoms with van der Waals surface area (Å²) in [4.78, 5) is 14.5. The van der Waals surface area contributed by atoms with Crippen molar-refractivity contribution in [2.24, 2.45) is 0 Å². The monoisotopic (exact) mass is 305 g/mol. The third-order valence-corrected chi connectivity index (χ3v) is 2.67. The fraction of sp³-hybridized carbons (Fsp3) is 0.333. The number of carboxylic acid groups (broad SMARTS) is 1. The highest BCUT2D eigenvalue weighted by molar-refractivity contribution is 14.1. The Morgan fingerprint density at radius 3 is 2.86 bits per heavy atom. The molecule has 0 aromatic carbocycles. The summed E-state index contributed by atoms with van der Waals surface area (Å²) in [6.45, 7) is 0. The molecule has 14 heavy (non-hydrogen) atoms. The highest BCUT2D eigenvalue weighted by Crippen LogP contribution is 2.27. The number of pyridine rings is 1. The maximum absolute atomic E-state index is 10.7. The molecule has 0 aliphatic heterocycles. The average Bonchev–Trinajstić information content (AvgIpc) is 2.87. The Morgan fingerprint density at radius 2 is 2.36 bits per heavy atom. The molecule has 4 nitrogen and oxygen atoms in total. The largest absolute Gasteiger partial charge is 0.489 e. The molecule has 1 saturated carbocycles. The van der Waals surface area contributed by atoms with Gasteiger partial charge in [-0.05, 0) is 41.5 Å². The molecule has 1 aromatic rings. The van der Waals surface area contributed by atoms with E-state index in [0.717, 1.165) is 12.8 Å². The van der Waals surface area contributed by atoms with E-state index in [1.807, 2.05) is 22.6 Å². The molecule has 0 unspecified atom stereocenters. The van der Waals surface area contributed by atoms with Gasteiger partial charge in [-0.15, -0.1) is 0 Å². The number of halogens is 1. The van der Waals surface area contributed by atoms with Crippen LogP contribution in [0.1, 0.15) is 23.3 Å². The van der Waals surface area contributed by atoms with Crippen molar-refractivity contribution in [1.29, 1.82) is 0 Å². The van der Waals surface area contributed by atoms with Crippen LogP contribution >= 0.6 is 22.6 Å². The van der Waals surface area contributed by atoms with Crippen LogP contribution < -0.4 is 4.74 Å². The summed E-state index contributed by atoms with van der Waals surface area (Å²) < 4.78 is 6.09. The second kappa shape index (κ2) is 3.72. The van der Waals surface area contributed by atoms with Crippen molar-refractivity contribution >= 4 is 28.6 Å². The quantitative estimate of drug-likeness (QED) is 0.867. The SMILES string of the molecule is O=C(O)c1ncc(OC2CC2)cc1I. The minimum atomic E-state index is -1.01. The van der Waals surface area contributed by atoms with Crippen molar-refractivity contribution in [2.45, 2.75) is 18.9 Å². The summed E-state index contributed by atoms with van der Waals surface area (Å²) in [5.74, 6) is -0.353. The van der Waals surface area contributed by atoms with Gasteiger partial charge in [0.2, 0.25) is 0 Å². The molecule has 1 aromatic heterocycles. The zero-order chi connectivity index (χ0) is 10.1. The molecule has 0 spiro atoms. The summed E-state index contributed by atoms with van der Waals surface area (Å²) in [7, 11) is 0. The molecule has 1 N–H and O–H groups in total. The molecule has 0 bridgehead atoms. The molecule has 1 aliphatic carbocycles. The lowest BCUT2D eigenvalue weighted by Crippen LogP contribution is -2.04. The summed E-state index contributed by atoms with van der Waals surface area (Å²) in [6.07, 6.45) is 3.93. The van der Waals surface area contributed by atoms with Crippen molar-refractivity contribution in [1.82, 2.24) is 4.98 Å². The van der Waals surface area contributed by atoms with E-state index >= 15 is 0 Å². The van der Waals surface area contributed by atoms with Crippen LogP contribution in [0.15, 0.2) is 12.3 Å². The first-order valence-electron chi connectivity index (χ1n) is 4.22. The maximum Gasteiger partial charge on any atom is 0.355 e. The molecular weight excluding hydrogens is 297 g/mol. The van der Waals surface area contributed by atoms with Crippen molar-refractivity contribution in [2.75, 3.05) is 0 Å². The minimum Gasteiger partial charge on any atom is -0.489 e. The number of aromatic nitrogens is 1. The fourth-order valence-electron chi connectivity index (χ4n) is 1.02. The number of carboxylic acids is 1. The second-order valence-electron chi connectivity index (χ2n) is 3.12. The van der Waals surface area contributed by atoms with Crippen molar-refractivity contribution in [3.05, 3.63) is 21.5 Å². The lowest BCUT2D eigenvalue weighted by atomic mass is 10.3. The molecule has 1 aliphatic rings. The average molecular weight is 305 g/mol. The normalized spacial score (nSPS) is 15.2. The van der Waals surface area contributed by atoms with Crippen LogP contribution in [0.4, 0.5) is 0 Å². The standard InChI is InChI=1S/C9H8INO3/c10-7-3-6(14-5-1-2-5)4-11-8(7)9(12)13/h3-5H,1-2H2,(H,12,13). The van der Waals surface area contributed by atoms with E-state index in [1.54, 1.807) is 6.07 Å². The molecule has 1 fully saturated rings. The summed E-state index contributed by atoms with van der Waals surface area (Å²) in [5, 5.41) is 8.74. The van der Waals surface area contributed by atoms with Crippen molar-refractivity contribution < 1.29 is 14.6 Å². The van der Waals surface area contributed by atoms with Crippen LogP contribution in [0.25, 0.3) is 0 Å². The first kappa shape index (κ1) is 9.70. The summed E-state index contributed by atoms with van der Waals surface area (Å²) in [5.41, 5.74) is 0.0775. The lowest BCUT2D eigenvalue weighted by Gasteiger charge is -2.04. The van der Waals surface area contributed by atoms with E-state index in [4.69, 9.17) is 9.84 Å². The lowest BCUT2D eigenvalue weighted by molar-refractivity contribution is 0.0689. The van der Waals surface area contributed by atoms with E-state index < -0.39 is 5.97 Å². The highest BCUT2D eigenvalue weighted by atomic mass is 127. The first-order valence-corrected chi connectivity index (χ1v) is 5.30. The van der Waals surface area contributed by atoms with Crippen molar-refractivity contribution in [3.8, 4) is 5.75 Å². The zero-order valence-electron chi connectivity index (χ0n) is 7.24. The molecule has 1 heterocycles. The van der Waals surface area contributed by atoms with Crippen LogP contribution in [-0.4, -0.2) is 22.2 Å². The van der Waals surface area contributed by atoms with Gasteiger partial charge in [0, 0.05) is 3.57 Å². The fourth-order valence-corrected chi connectivity index (χ4v) is 1.70. The van der Waals surface area contributed by atoms with Crippen LogP contribution in [0.3, 0.4) is 0 Å². The summed E-state index contributed by atoms with van der Waals surface area (Å²) >= 11 is 1.95. The van der Waals surface area contributed by atoms with Crippen LogP contribution in [0.2, 0.25) is 0 Å². The van der Waals surface area contributed by atoms with Gasteiger partial charge in [-0.1, -0.05) is 0 Å². The third kappa shape index (κ3) is 2.14. The van der Waals surface area contributed by atoms with E-state index in [9.17, 15) is 4.79 Å². The first-order chi connectivity index (χ1) is 6.66. The highest BCUT2D eigenvalue weighted by Gasteiger charge is 2.24. The van der Waals surface area contributed by atoms with Gasteiger partial charge in [0.05, 0.1) is 12.3 Å². The number of hydrogen-bond acceptors (Lipinski definition) is 3. The van der Waals surface area contributed by atoms with Crippen LogP contribution in [0, 0.1) is 3.57 Å². The molecule has 0 saturated heterocycles. The predicted molar refractivity (Wildman–Crippen MR) is 57.6 cm³/mol. The Labute approximate surface area is 94.4 Å². The molecule has 0 radical (unpaired) electrons. The maximum atomic E-state index is 10.7. The Kier molecular flexibility index (Phi) is 2.58. The van der Waals surface area contributed by atoms with E-state index in [2.05, 4.69) is 4.98 Å². The minimum absolute atomic E-state index is 0.0775. The molecule has 2 rings (SSSR count). The summed E-state index contributed by atoms with van der Waals surface area (Å²) in [6, 6.07) is 1.70. The number of rotatable bonds is 3. The smallest absolute Gasteiger partial charge is 0.355 e. The number of hydrogen-bond donors (Lipinski definition) is 1. The van der Waals surface area contributed by atoms with Gasteiger partial charge in [-0.2, -0.15) is 0 Å². The predicted octanol–water partition coefficient (Wildman–Crippen LogP) is 1.93. The van der Waals surface area contributed by atoms with Gasteiger partial charge >= 0.3 is 5.97 Å². The topological polar surface area (TPSA) is 59.4 Å². The second-order valence-corrected chi connectivity index (χ2v) is 4.29. The van der Waals surface area contributed by atoms with Crippen LogP contribution in [-0.2, 0) is 0 Å². The van der Waals surface area contributed by atoms with Gasteiger partial charge in [0.15, 0.2) is 5.69 Å². The number of nitrogens with zero attached hydrogens (tertiary/aromatic N) is 1. The van der Waals surface area contributed by atoms with Crippen molar-refractivity contribution in [3.63, 3.8) is 0 Å². The molecule has 0 amide bonds. The van der Waals surface area contributed by atoms with Gasteiger partial charge in [0.1, 0.15) is 5.75 Å². The van der Waals surface area contributed by atoms with E-state index in [1.165, 1.54) is 6.20 Å². The van der Waals surface area contributed by atoms with Gasteiger partial charge in [-0.25, -0.2) is 9.78 Å². The molecule has 74 valence electrons. The Morgan fingerprint density at radius 1 is 1.64 bits per heavy atom. The molecular formula is C9H8INO3. The van der Waals surface area contributed by atoms with E-state index in [0.29, 0.717) is 15.4 Å².